The zero-order chi connectivity index (χ0) is 15.5. The van der Waals surface area contributed by atoms with E-state index in [0.717, 1.165) is 28.3 Å². The lowest BCUT2D eigenvalue weighted by Gasteiger charge is -2.16. The molecule has 0 saturated heterocycles. The molecule has 0 aromatic carbocycles. The number of hydrogen-bond donors (Lipinski definition) is 1. The van der Waals surface area contributed by atoms with E-state index in [1.165, 1.54) is 0 Å². The largest absolute Gasteiger partial charge is 0.338 e. The quantitative estimate of drug-likeness (QED) is 0.800. The van der Waals surface area contributed by atoms with Crippen molar-refractivity contribution in [2.24, 2.45) is 0 Å². The molecule has 0 amide bonds. The van der Waals surface area contributed by atoms with E-state index in [1.807, 2.05) is 44.0 Å². The number of anilines is 1. The van der Waals surface area contributed by atoms with Crippen LogP contribution in [0.2, 0.25) is 0 Å². The van der Waals surface area contributed by atoms with Crippen molar-refractivity contribution in [3.8, 4) is 11.3 Å². The SMILES string of the molecule is Cc1ccc(-c2ccnc(N(C)Cc3ccn[nH]3)n2)c(C)n1. The van der Waals surface area contributed by atoms with Gasteiger partial charge in [0.25, 0.3) is 0 Å². The second-order valence-corrected chi connectivity index (χ2v) is 5.27. The van der Waals surface area contributed by atoms with Gasteiger partial charge in [-0.1, -0.05) is 0 Å². The van der Waals surface area contributed by atoms with Crippen LogP contribution in [0.25, 0.3) is 11.3 Å². The van der Waals surface area contributed by atoms with E-state index >= 15 is 0 Å². The molecule has 22 heavy (non-hydrogen) atoms. The first kappa shape index (κ1) is 14.2. The smallest absolute Gasteiger partial charge is 0.225 e. The van der Waals surface area contributed by atoms with Crippen molar-refractivity contribution in [2.75, 3.05) is 11.9 Å². The predicted molar refractivity (Wildman–Crippen MR) is 85.4 cm³/mol. The highest BCUT2D eigenvalue weighted by atomic mass is 15.2. The standard InChI is InChI=1S/C16H18N6/c1-11-4-5-14(12(2)19-11)15-7-8-17-16(20-15)22(3)10-13-6-9-18-21-13/h4-9H,10H2,1-3H3,(H,18,21). The van der Waals surface area contributed by atoms with Crippen molar-refractivity contribution in [2.45, 2.75) is 20.4 Å². The number of rotatable bonds is 4. The summed E-state index contributed by atoms with van der Waals surface area (Å²) >= 11 is 0. The first-order chi connectivity index (χ1) is 10.6. The Morgan fingerprint density at radius 2 is 1.91 bits per heavy atom. The molecule has 0 saturated carbocycles. The Morgan fingerprint density at radius 1 is 1.05 bits per heavy atom. The topological polar surface area (TPSA) is 70.6 Å². The third-order valence-corrected chi connectivity index (χ3v) is 3.45. The third-order valence-electron chi connectivity index (χ3n) is 3.45. The number of aromatic amines is 1. The maximum absolute atomic E-state index is 4.65. The molecular formula is C16H18N6. The molecule has 1 N–H and O–H groups in total. The van der Waals surface area contributed by atoms with Gasteiger partial charge in [-0.2, -0.15) is 5.10 Å². The minimum absolute atomic E-state index is 0.673. The number of nitrogens with one attached hydrogen (secondary N) is 1. The molecule has 112 valence electrons. The molecule has 3 aromatic rings. The van der Waals surface area contributed by atoms with Crippen LogP contribution in [0, 0.1) is 13.8 Å². The third kappa shape index (κ3) is 2.95. The van der Waals surface area contributed by atoms with Gasteiger partial charge in [-0.05, 0) is 38.1 Å². The molecule has 6 heteroatoms. The van der Waals surface area contributed by atoms with Crippen LogP contribution in [-0.4, -0.2) is 32.2 Å². The van der Waals surface area contributed by atoms with Crippen LogP contribution >= 0.6 is 0 Å². The van der Waals surface area contributed by atoms with Gasteiger partial charge in [0.1, 0.15) is 0 Å². The predicted octanol–water partition coefficient (Wildman–Crippen LogP) is 2.51. The molecule has 3 rings (SSSR count). The van der Waals surface area contributed by atoms with Crippen LogP contribution in [0.15, 0.2) is 36.7 Å². The summed E-state index contributed by atoms with van der Waals surface area (Å²) in [7, 11) is 1.96. The van der Waals surface area contributed by atoms with Gasteiger partial charge in [0.05, 0.1) is 17.9 Å². The van der Waals surface area contributed by atoms with Crippen molar-refractivity contribution < 1.29 is 0 Å². The average Bonchev–Trinajstić information content (AvgIpc) is 3.00. The summed E-state index contributed by atoms with van der Waals surface area (Å²) in [5, 5.41) is 6.90. The Labute approximate surface area is 129 Å². The lowest BCUT2D eigenvalue weighted by molar-refractivity contribution is 0.833. The van der Waals surface area contributed by atoms with E-state index in [0.29, 0.717) is 12.5 Å². The van der Waals surface area contributed by atoms with Gasteiger partial charge in [-0.15, -0.1) is 0 Å². The van der Waals surface area contributed by atoms with Crippen molar-refractivity contribution in [1.82, 2.24) is 25.1 Å². The fourth-order valence-corrected chi connectivity index (χ4v) is 2.34. The van der Waals surface area contributed by atoms with E-state index in [2.05, 4.69) is 31.2 Å². The minimum Gasteiger partial charge on any atom is -0.338 e. The fourth-order valence-electron chi connectivity index (χ4n) is 2.34. The number of aryl methyl sites for hydroxylation is 2. The van der Waals surface area contributed by atoms with Gasteiger partial charge in [-0.25, -0.2) is 9.97 Å². The van der Waals surface area contributed by atoms with Gasteiger partial charge >= 0.3 is 0 Å². The number of hydrogen-bond acceptors (Lipinski definition) is 5. The van der Waals surface area contributed by atoms with Gasteiger partial charge in [0.15, 0.2) is 0 Å². The van der Waals surface area contributed by atoms with Crippen molar-refractivity contribution in [3.63, 3.8) is 0 Å². The number of nitrogens with zero attached hydrogens (tertiary/aromatic N) is 5. The molecule has 0 aliphatic heterocycles. The lowest BCUT2D eigenvalue weighted by Crippen LogP contribution is -2.19. The summed E-state index contributed by atoms with van der Waals surface area (Å²) in [6.45, 7) is 4.66. The van der Waals surface area contributed by atoms with E-state index < -0.39 is 0 Å². The maximum Gasteiger partial charge on any atom is 0.225 e. The Hall–Kier alpha value is -2.76. The number of pyridine rings is 1. The molecule has 0 aliphatic carbocycles. The molecule has 3 heterocycles. The molecule has 0 aliphatic rings. The minimum atomic E-state index is 0.673. The molecule has 3 aromatic heterocycles. The van der Waals surface area contributed by atoms with Crippen molar-refractivity contribution >= 4 is 5.95 Å². The molecule has 0 atom stereocenters. The van der Waals surface area contributed by atoms with Gasteiger partial charge in [0, 0.05) is 36.4 Å². The average molecular weight is 294 g/mol. The molecule has 0 bridgehead atoms. The highest BCUT2D eigenvalue weighted by molar-refractivity contribution is 5.62. The van der Waals surface area contributed by atoms with E-state index in [1.54, 1.807) is 12.4 Å². The Kier molecular flexibility index (Phi) is 3.82. The van der Waals surface area contributed by atoms with Gasteiger partial charge < -0.3 is 4.90 Å². The zero-order valence-corrected chi connectivity index (χ0v) is 12.9. The fraction of sp³-hybridized carbons (Fsp3) is 0.250. The Morgan fingerprint density at radius 3 is 2.64 bits per heavy atom. The maximum atomic E-state index is 4.65. The van der Waals surface area contributed by atoms with Crippen molar-refractivity contribution in [3.05, 3.63) is 53.7 Å². The summed E-state index contributed by atoms with van der Waals surface area (Å²) in [5.74, 6) is 0.673. The Bertz CT molecular complexity index is 766. The summed E-state index contributed by atoms with van der Waals surface area (Å²) in [6, 6.07) is 7.90. The van der Waals surface area contributed by atoms with Crippen LogP contribution < -0.4 is 4.90 Å². The number of H-pyrrole nitrogens is 1. The molecule has 0 fully saturated rings. The molecular weight excluding hydrogens is 276 g/mol. The van der Waals surface area contributed by atoms with Crippen LogP contribution in [0.3, 0.4) is 0 Å². The van der Waals surface area contributed by atoms with Crippen molar-refractivity contribution in [1.29, 1.82) is 0 Å². The van der Waals surface area contributed by atoms with Crippen LogP contribution in [0.5, 0.6) is 0 Å². The highest BCUT2D eigenvalue weighted by Gasteiger charge is 2.10. The number of aromatic nitrogens is 5. The second kappa shape index (κ2) is 5.93. The van der Waals surface area contributed by atoms with Crippen LogP contribution in [0.1, 0.15) is 17.1 Å². The van der Waals surface area contributed by atoms with E-state index in [4.69, 9.17) is 0 Å². The summed E-state index contributed by atoms with van der Waals surface area (Å²) < 4.78 is 0. The second-order valence-electron chi connectivity index (χ2n) is 5.27. The lowest BCUT2D eigenvalue weighted by atomic mass is 10.1. The monoisotopic (exact) mass is 294 g/mol. The summed E-state index contributed by atoms with van der Waals surface area (Å²) in [5.41, 5.74) is 4.91. The highest BCUT2D eigenvalue weighted by Crippen LogP contribution is 2.22. The molecule has 0 radical (unpaired) electrons. The molecule has 0 unspecified atom stereocenters. The first-order valence-electron chi connectivity index (χ1n) is 7.10. The molecule has 0 spiro atoms. The van der Waals surface area contributed by atoms with Gasteiger partial charge in [0.2, 0.25) is 5.95 Å². The Balaban J connectivity index is 1.89. The molecule has 6 nitrogen and oxygen atoms in total. The van der Waals surface area contributed by atoms with E-state index in [9.17, 15) is 0 Å². The zero-order valence-electron chi connectivity index (χ0n) is 12.9. The van der Waals surface area contributed by atoms with Crippen LogP contribution in [0.4, 0.5) is 5.95 Å². The van der Waals surface area contributed by atoms with Crippen LogP contribution in [-0.2, 0) is 6.54 Å². The first-order valence-corrected chi connectivity index (χ1v) is 7.10. The summed E-state index contributed by atoms with van der Waals surface area (Å²) in [6.07, 6.45) is 3.52. The van der Waals surface area contributed by atoms with Gasteiger partial charge in [-0.3, -0.25) is 10.1 Å². The summed E-state index contributed by atoms with van der Waals surface area (Å²) in [4.78, 5) is 15.5. The normalized spacial score (nSPS) is 10.7. The van der Waals surface area contributed by atoms with E-state index in [-0.39, 0.29) is 0 Å².